The number of furan rings is 1. The molecule has 1 aromatic heterocycles. The number of piperidine rings is 1. The molecule has 0 saturated carbocycles. The summed E-state index contributed by atoms with van der Waals surface area (Å²) >= 11 is 0. The third kappa shape index (κ3) is 5.09. The molecule has 1 aliphatic rings. The first-order valence-corrected chi connectivity index (χ1v) is 8.80. The van der Waals surface area contributed by atoms with Gasteiger partial charge in [-0.05, 0) is 38.3 Å². The zero-order valence-electron chi connectivity index (χ0n) is 14.5. The van der Waals surface area contributed by atoms with Crippen molar-refractivity contribution in [3.05, 3.63) is 24.2 Å². The van der Waals surface area contributed by atoms with Crippen LogP contribution in [0, 0.1) is 5.92 Å². The van der Waals surface area contributed by atoms with Crippen LogP contribution in [0.15, 0.2) is 22.8 Å². The molecule has 1 fully saturated rings. The second kappa shape index (κ2) is 8.87. The van der Waals surface area contributed by atoms with Crippen LogP contribution >= 0.6 is 0 Å². The molecule has 0 spiro atoms. The topological polar surface area (TPSA) is 82.8 Å². The summed E-state index contributed by atoms with van der Waals surface area (Å²) in [6.07, 6.45) is 4.21. The Kier molecular flexibility index (Phi) is 6.85. The predicted molar refractivity (Wildman–Crippen MR) is 90.1 cm³/mol. The lowest BCUT2D eigenvalue weighted by Gasteiger charge is -2.32. The highest BCUT2D eigenvalue weighted by atomic mass is 16.4. The lowest BCUT2D eigenvalue weighted by atomic mass is 9.96. The van der Waals surface area contributed by atoms with E-state index in [1.807, 2.05) is 13.8 Å². The largest absolute Gasteiger partial charge is 0.467 e. The van der Waals surface area contributed by atoms with Crippen LogP contribution in [0.1, 0.15) is 57.8 Å². The van der Waals surface area contributed by atoms with Crippen LogP contribution in [0.5, 0.6) is 0 Å². The fourth-order valence-electron chi connectivity index (χ4n) is 3.14. The number of likely N-dealkylation sites (tertiary alicyclic amines) is 1. The first kappa shape index (κ1) is 18.5. The predicted octanol–water partition coefficient (Wildman–Crippen LogP) is 2.25. The molecule has 1 aliphatic heterocycles. The summed E-state index contributed by atoms with van der Waals surface area (Å²) < 4.78 is 5.17. The first-order valence-electron chi connectivity index (χ1n) is 8.80. The van der Waals surface area contributed by atoms with E-state index in [2.05, 4.69) is 5.32 Å². The Morgan fingerprint density at radius 3 is 2.96 bits per heavy atom. The molecule has 3 atom stereocenters. The maximum absolute atomic E-state index is 12.4. The average molecular weight is 336 g/mol. The normalized spacial score (nSPS) is 20.5. The molecule has 24 heavy (non-hydrogen) atoms. The van der Waals surface area contributed by atoms with Crippen LogP contribution in [0.25, 0.3) is 0 Å². The summed E-state index contributed by atoms with van der Waals surface area (Å²) in [5.41, 5.74) is 0. The van der Waals surface area contributed by atoms with Gasteiger partial charge in [0, 0.05) is 32.0 Å². The second-order valence-electron chi connectivity index (χ2n) is 6.61. The number of nitrogens with zero attached hydrogens (tertiary/aromatic N) is 1. The average Bonchev–Trinajstić information content (AvgIpc) is 3.09. The Bertz CT molecular complexity index is 529. The van der Waals surface area contributed by atoms with E-state index in [0.29, 0.717) is 25.1 Å². The number of nitrogens with one attached hydrogen (secondary N) is 1. The summed E-state index contributed by atoms with van der Waals surface area (Å²) in [5, 5.41) is 13.0. The maximum Gasteiger partial charge on any atom is 0.225 e. The van der Waals surface area contributed by atoms with Crippen molar-refractivity contribution in [3.63, 3.8) is 0 Å². The van der Waals surface area contributed by atoms with Crippen molar-refractivity contribution in [1.29, 1.82) is 0 Å². The SMILES string of the molecule is CCCC(=O)N1CCCC(C(=O)NC(C)CC(O)c2ccco2)C1. The fraction of sp³-hybridized carbons (Fsp3) is 0.667. The van der Waals surface area contributed by atoms with Gasteiger partial charge in [-0.1, -0.05) is 6.92 Å². The number of hydrogen-bond donors (Lipinski definition) is 2. The van der Waals surface area contributed by atoms with E-state index in [-0.39, 0.29) is 23.8 Å². The van der Waals surface area contributed by atoms with Gasteiger partial charge in [-0.2, -0.15) is 0 Å². The van der Waals surface area contributed by atoms with E-state index >= 15 is 0 Å². The number of carbonyl (C=O) groups excluding carboxylic acids is 2. The summed E-state index contributed by atoms with van der Waals surface area (Å²) in [7, 11) is 0. The van der Waals surface area contributed by atoms with E-state index in [9.17, 15) is 14.7 Å². The minimum Gasteiger partial charge on any atom is -0.467 e. The summed E-state index contributed by atoms with van der Waals surface area (Å²) in [6.45, 7) is 5.10. The van der Waals surface area contributed by atoms with Gasteiger partial charge in [-0.15, -0.1) is 0 Å². The zero-order valence-corrected chi connectivity index (χ0v) is 14.5. The first-order chi connectivity index (χ1) is 11.5. The minimum absolute atomic E-state index is 0.0388. The molecule has 1 aromatic rings. The van der Waals surface area contributed by atoms with Crippen molar-refractivity contribution in [3.8, 4) is 0 Å². The Balaban J connectivity index is 1.81. The quantitative estimate of drug-likeness (QED) is 0.800. The number of carbonyl (C=O) groups is 2. The second-order valence-corrected chi connectivity index (χ2v) is 6.61. The van der Waals surface area contributed by atoms with Crippen LogP contribution in [-0.4, -0.2) is 41.0 Å². The molecule has 2 N–H and O–H groups in total. The Labute approximate surface area is 143 Å². The van der Waals surface area contributed by atoms with Gasteiger partial charge in [0.1, 0.15) is 11.9 Å². The number of rotatable bonds is 7. The molecule has 2 amide bonds. The molecule has 134 valence electrons. The molecule has 0 bridgehead atoms. The van der Waals surface area contributed by atoms with Crippen LogP contribution in [0.3, 0.4) is 0 Å². The van der Waals surface area contributed by atoms with Crippen molar-refractivity contribution >= 4 is 11.8 Å². The van der Waals surface area contributed by atoms with Gasteiger partial charge in [0.05, 0.1) is 12.2 Å². The summed E-state index contributed by atoms with van der Waals surface area (Å²) in [4.78, 5) is 26.3. The van der Waals surface area contributed by atoms with Gasteiger partial charge in [0.2, 0.25) is 11.8 Å². The van der Waals surface area contributed by atoms with Crippen LogP contribution in [0.2, 0.25) is 0 Å². The highest BCUT2D eigenvalue weighted by Gasteiger charge is 2.29. The van der Waals surface area contributed by atoms with Crippen LogP contribution < -0.4 is 5.32 Å². The molecular formula is C18H28N2O4. The molecule has 0 aliphatic carbocycles. The van der Waals surface area contributed by atoms with Gasteiger partial charge in [-0.25, -0.2) is 0 Å². The molecule has 1 saturated heterocycles. The van der Waals surface area contributed by atoms with Gasteiger partial charge in [-0.3, -0.25) is 9.59 Å². The molecular weight excluding hydrogens is 308 g/mol. The van der Waals surface area contributed by atoms with E-state index in [1.165, 1.54) is 6.26 Å². The minimum atomic E-state index is -0.732. The van der Waals surface area contributed by atoms with E-state index in [1.54, 1.807) is 17.0 Å². The third-order valence-corrected chi connectivity index (χ3v) is 4.45. The highest BCUT2D eigenvalue weighted by Crippen LogP contribution is 2.21. The maximum atomic E-state index is 12.4. The number of aliphatic hydroxyl groups is 1. The van der Waals surface area contributed by atoms with Crippen molar-refractivity contribution < 1.29 is 19.1 Å². The number of aliphatic hydroxyl groups excluding tert-OH is 1. The highest BCUT2D eigenvalue weighted by molar-refractivity contribution is 5.81. The standard InChI is InChI=1S/C18H28N2O4/c1-3-6-17(22)20-9-4-7-14(12-20)18(23)19-13(2)11-15(21)16-8-5-10-24-16/h5,8,10,13-15,21H,3-4,6-7,9,11-12H2,1-2H3,(H,19,23). The molecule has 2 heterocycles. The molecule has 6 heteroatoms. The third-order valence-electron chi connectivity index (χ3n) is 4.45. The number of hydrogen-bond acceptors (Lipinski definition) is 4. The van der Waals surface area contributed by atoms with Crippen LogP contribution in [-0.2, 0) is 9.59 Å². The summed E-state index contributed by atoms with van der Waals surface area (Å²) in [6, 6.07) is 3.28. The zero-order chi connectivity index (χ0) is 17.5. The molecule has 0 aromatic carbocycles. The Hall–Kier alpha value is -1.82. The molecule has 6 nitrogen and oxygen atoms in total. The van der Waals surface area contributed by atoms with Gasteiger partial charge >= 0.3 is 0 Å². The number of amides is 2. The van der Waals surface area contributed by atoms with E-state index < -0.39 is 6.10 Å². The lowest BCUT2D eigenvalue weighted by Crippen LogP contribution is -2.47. The van der Waals surface area contributed by atoms with Crippen molar-refractivity contribution in [1.82, 2.24) is 10.2 Å². The summed E-state index contributed by atoms with van der Waals surface area (Å²) in [5.74, 6) is 0.437. The molecule has 0 radical (unpaired) electrons. The van der Waals surface area contributed by atoms with E-state index in [0.717, 1.165) is 25.8 Å². The van der Waals surface area contributed by atoms with Gasteiger partial charge < -0.3 is 19.7 Å². The Morgan fingerprint density at radius 2 is 2.29 bits per heavy atom. The van der Waals surface area contributed by atoms with E-state index in [4.69, 9.17) is 4.42 Å². The smallest absolute Gasteiger partial charge is 0.225 e. The van der Waals surface area contributed by atoms with Gasteiger partial charge in [0.25, 0.3) is 0 Å². The Morgan fingerprint density at radius 1 is 1.50 bits per heavy atom. The van der Waals surface area contributed by atoms with Crippen molar-refractivity contribution in [2.24, 2.45) is 5.92 Å². The fourth-order valence-corrected chi connectivity index (χ4v) is 3.14. The van der Waals surface area contributed by atoms with Crippen molar-refractivity contribution in [2.45, 2.75) is 58.1 Å². The molecule has 3 unspecified atom stereocenters. The van der Waals surface area contributed by atoms with Gasteiger partial charge in [0.15, 0.2) is 0 Å². The molecule has 2 rings (SSSR count). The van der Waals surface area contributed by atoms with Crippen molar-refractivity contribution in [2.75, 3.05) is 13.1 Å². The monoisotopic (exact) mass is 336 g/mol. The lowest BCUT2D eigenvalue weighted by molar-refractivity contribution is -0.135. The van der Waals surface area contributed by atoms with Crippen LogP contribution in [0.4, 0.5) is 0 Å².